The number of hydrogen-bond donors (Lipinski definition) is 0. The number of morpholine rings is 1. The monoisotopic (exact) mass is 247 g/mol. The Labute approximate surface area is 109 Å². The molecule has 1 aromatic rings. The van der Waals surface area contributed by atoms with Gasteiger partial charge in [-0.3, -0.25) is 9.69 Å². The van der Waals surface area contributed by atoms with E-state index in [1.165, 1.54) is 0 Å². The molecule has 1 saturated heterocycles. The second-order valence-corrected chi connectivity index (χ2v) is 4.84. The molecule has 1 aliphatic rings. The molecule has 0 amide bonds. The fourth-order valence-corrected chi connectivity index (χ4v) is 2.30. The summed E-state index contributed by atoms with van der Waals surface area (Å²) >= 11 is 0. The van der Waals surface area contributed by atoms with E-state index < -0.39 is 0 Å². The van der Waals surface area contributed by atoms with Crippen molar-refractivity contribution >= 4 is 5.78 Å². The molecule has 1 aliphatic heterocycles. The molecule has 0 aliphatic carbocycles. The molecule has 0 aromatic heterocycles. The van der Waals surface area contributed by atoms with E-state index in [1.807, 2.05) is 30.3 Å². The zero-order chi connectivity index (χ0) is 12.8. The second-order valence-electron chi connectivity index (χ2n) is 4.84. The zero-order valence-corrected chi connectivity index (χ0v) is 11.0. The minimum atomic E-state index is 0.290. The number of ether oxygens (including phenoxy) is 1. The van der Waals surface area contributed by atoms with Gasteiger partial charge in [0, 0.05) is 19.5 Å². The van der Waals surface area contributed by atoms with E-state index in [2.05, 4.69) is 11.8 Å². The number of hydrogen-bond acceptors (Lipinski definition) is 3. The fraction of sp³-hybridized carbons (Fsp3) is 0.533. The molecule has 2 rings (SSSR count). The van der Waals surface area contributed by atoms with E-state index in [9.17, 15) is 4.79 Å². The van der Waals surface area contributed by atoms with Crippen molar-refractivity contribution in [3.63, 3.8) is 0 Å². The van der Waals surface area contributed by atoms with Gasteiger partial charge < -0.3 is 4.74 Å². The highest BCUT2D eigenvalue weighted by Crippen LogP contribution is 2.09. The zero-order valence-electron chi connectivity index (χ0n) is 11.0. The van der Waals surface area contributed by atoms with E-state index in [0.29, 0.717) is 19.1 Å². The summed E-state index contributed by atoms with van der Waals surface area (Å²) in [6.07, 6.45) is 1.85. The number of rotatable bonds is 5. The molecule has 1 heterocycles. The van der Waals surface area contributed by atoms with Gasteiger partial charge in [0.15, 0.2) is 5.78 Å². The van der Waals surface area contributed by atoms with Crippen LogP contribution in [-0.4, -0.2) is 43.0 Å². The van der Waals surface area contributed by atoms with E-state index in [1.54, 1.807) is 0 Å². The lowest BCUT2D eigenvalue weighted by Gasteiger charge is -2.31. The van der Waals surface area contributed by atoms with E-state index in [0.717, 1.165) is 31.7 Å². The van der Waals surface area contributed by atoms with Gasteiger partial charge in [-0.2, -0.15) is 0 Å². The van der Waals surface area contributed by atoms with Crippen LogP contribution in [0.15, 0.2) is 30.3 Å². The molecule has 0 radical (unpaired) electrons. The van der Waals surface area contributed by atoms with Gasteiger partial charge in [0.2, 0.25) is 0 Å². The maximum absolute atomic E-state index is 12.0. The lowest BCUT2D eigenvalue weighted by molar-refractivity contribution is -0.121. The average Bonchev–Trinajstić information content (AvgIpc) is 2.40. The largest absolute Gasteiger partial charge is 0.376 e. The summed E-state index contributed by atoms with van der Waals surface area (Å²) in [6, 6.07) is 9.94. The summed E-state index contributed by atoms with van der Waals surface area (Å²) in [5, 5.41) is 0. The van der Waals surface area contributed by atoms with Crippen molar-refractivity contribution in [2.45, 2.75) is 25.9 Å². The molecule has 1 unspecified atom stereocenters. The Balaban J connectivity index is 1.80. The summed E-state index contributed by atoms with van der Waals surface area (Å²) in [5.74, 6) is 0.290. The summed E-state index contributed by atoms with van der Waals surface area (Å²) < 4.78 is 5.60. The predicted octanol–water partition coefficient (Wildman–Crippen LogP) is 1.91. The number of benzene rings is 1. The third kappa shape index (κ3) is 3.93. The standard InChI is InChI=1S/C15H21NO2/c1-2-15-12-16(8-9-18-15)11-14(17)10-13-6-4-3-5-7-13/h3-7,15H,2,8-12H2,1H3. The van der Waals surface area contributed by atoms with Crippen molar-refractivity contribution in [2.75, 3.05) is 26.2 Å². The van der Waals surface area contributed by atoms with E-state index in [-0.39, 0.29) is 5.78 Å². The molecular weight excluding hydrogens is 226 g/mol. The van der Waals surface area contributed by atoms with Gasteiger partial charge in [-0.15, -0.1) is 0 Å². The van der Waals surface area contributed by atoms with Crippen molar-refractivity contribution in [1.29, 1.82) is 0 Å². The summed E-state index contributed by atoms with van der Waals surface area (Å²) in [4.78, 5) is 14.2. The fourth-order valence-electron chi connectivity index (χ4n) is 2.30. The van der Waals surface area contributed by atoms with Crippen LogP contribution in [0.5, 0.6) is 0 Å². The highest BCUT2D eigenvalue weighted by atomic mass is 16.5. The Kier molecular flexibility index (Phi) is 4.90. The molecule has 3 nitrogen and oxygen atoms in total. The number of Topliss-reactive ketones (excluding diaryl/α,β-unsaturated/α-hetero) is 1. The molecule has 0 spiro atoms. The maximum atomic E-state index is 12.0. The lowest BCUT2D eigenvalue weighted by Crippen LogP contribution is -2.44. The van der Waals surface area contributed by atoms with Gasteiger partial charge in [-0.05, 0) is 12.0 Å². The van der Waals surface area contributed by atoms with Crippen LogP contribution in [0.1, 0.15) is 18.9 Å². The van der Waals surface area contributed by atoms with Crippen molar-refractivity contribution in [1.82, 2.24) is 4.90 Å². The Morgan fingerprint density at radius 3 is 2.89 bits per heavy atom. The van der Waals surface area contributed by atoms with Crippen LogP contribution in [0.2, 0.25) is 0 Å². The second kappa shape index (κ2) is 6.66. The minimum absolute atomic E-state index is 0.290. The van der Waals surface area contributed by atoms with Crippen LogP contribution in [0.3, 0.4) is 0 Å². The van der Waals surface area contributed by atoms with Gasteiger partial charge in [0.05, 0.1) is 19.3 Å². The first kappa shape index (κ1) is 13.2. The van der Waals surface area contributed by atoms with Crippen LogP contribution < -0.4 is 0 Å². The molecule has 1 aromatic carbocycles. The lowest BCUT2D eigenvalue weighted by atomic mass is 10.1. The summed E-state index contributed by atoms with van der Waals surface area (Å²) in [5.41, 5.74) is 1.10. The quantitative estimate of drug-likeness (QED) is 0.796. The average molecular weight is 247 g/mol. The molecule has 3 heteroatoms. The summed E-state index contributed by atoms with van der Waals surface area (Å²) in [6.45, 7) is 5.18. The smallest absolute Gasteiger partial charge is 0.151 e. The van der Waals surface area contributed by atoms with Crippen LogP contribution in [-0.2, 0) is 16.0 Å². The van der Waals surface area contributed by atoms with Crippen LogP contribution in [0.25, 0.3) is 0 Å². The first-order chi connectivity index (χ1) is 8.78. The van der Waals surface area contributed by atoms with Crippen molar-refractivity contribution in [3.05, 3.63) is 35.9 Å². The molecule has 0 saturated carbocycles. The Morgan fingerprint density at radius 1 is 1.39 bits per heavy atom. The number of carbonyl (C=O) groups excluding carboxylic acids is 1. The Hall–Kier alpha value is -1.19. The molecule has 0 bridgehead atoms. The van der Waals surface area contributed by atoms with Crippen LogP contribution in [0, 0.1) is 0 Å². The van der Waals surface area contributed by atoms with Crippen LogP contribution >= 0.6 is 0 Å². The van der Waals surface area contributed by atoms with Crippen molar-refractivity contribution < 1.29 is 9.53 Å². The Bertz CT molecular complexity index is 377. The molecule has 1 atom stereocenters. The maximum Gasteiger partial charge on any atom is 0.151 e. The normalized spacial score (nSPS) is 20.8. The highest BCUT2D eigenvalue weighted by Gasteiger charge is 2.20. The number of ketones is 1. The minimum Gasteiger partial charge on any atom is -0.376 e. The number of carbonyl (C=O) groups is 1. The third-order valence-corrected chi connectivity index (χ3v) is 3.32. The van der Waals surface area contributed by atoms with E-state index in [4.69, 9.17) is 4.74 Å². The molecular formula is C15H21NO2. The molecule has 18 heavy (non-hydrogen) atoms. The van der Waals surface area contributed by atoms with E-state index >= 15 is 0 Å². The molecule has 98 valence electrons. The van der Waals surface area contributed by atoms with Gasteiger partial charge >= 0.3 is 0 Å². The highest BCUT2D eigenvalue weighted by molar-refractivity contribution is 5.82. The Morgan fingerprint density at radius 2 is 2.17 bits per heavy atom. The first-order valence-corrected chi connectivity index (χ1v) is 6.67. The summed E-state index contributed by atoms with van der Waals surface area (Å²) in [7, 11) is 0. The van der Waals surface area contributed by atoms with Gasteiger partial charge in [-0.1, -0.05) is 37.3 Å². The number of nitrogens with zero attached hydrogens (tertiary/aromatic N) is 1. The van der Waals surface area contributed by atoms with Crippen molar-refractivity contribution in [2.24, 2.45) is 0 Å². The molecule has 0 N–H and O–H groups in total. The van der Waals surface area contributed by atoms with Gasteiger partial charge in [0.1, 0.15) is 0 Å². The van der Waals surface area contributed by atoms with Crippen LogP contribution in [0.4, 0.5) is 0 Å². The first-order valence-electron chi connectivity index (χ1n) is 6.67. The molecule has 1 fully saturated rings. The predicted molar refractivity (Wildman–Crippen MR) is 71.6 cm³/mol. The van der Waals surface area contributed by atoms with Gasteiger partial charge in [0.25, 0.3) is 0 Å². The third-order valence-electron chi connectivity index (χ3n) is 3.32. The topological polar surface area (TPSA) is 29.5 Å². The SMILES string of the molecule is CCC1CN(CC(=O)Cc2ccccc2)CCO1. The van der Waals surface area contributed by atoms with Gasteiger partial charge in [-0.25, -0.2) is 0 Å². The van der Waals surface area contributed by atoms with Crippen molar-refractivity contribution in [3.8, 4) is 0 Å².